The first-order valence-corrected chi connectivity index (χ1v) is 9.95. The average molecular weight is 398 g/mol. The summed E-state index contributed by atoms with van der Waals surface area (Å²) in [6.07, 6.45) is 6.01. The van der Waals surface area contributed by atoms with Gasteiger partial charge in [0.25, 0.3) is 12.4 Å². The quantitative estimate of drug-likeness (QED) is 0.659. The van der Waals surface area contributed by atoms with Crippen molar-refractivity contribution in [2.24, 2.45) is 0 Å². The summed E-state index contributed by atoms with van der Waals surface area (Å²) in [5.41, 5.74) is 2.20. The Balaban J connectivity index is 0.000000706. The second kappa shape index (κ2) is 9.43. The second-order valence-electron chi connectivity index (χ2n) is 6.66. The van der Waals surface area contributed by atoms with E-state index in [9.17, 15) is 4.79 Å². The van der Waals surface area contributed by atoms with E-state index in [1.165, 1.54) is 6.42 Å². The summed E-state index contributed by atoms with van der Waals surface area (Å²) in [6, 6.07) is 12.7. The molecule has 7 heteroatoms. The first-order chi connectivity index (χ1) is 13.6. The molecule has 0 bridgehead atoms. The Labute approximate surface area is 167 Å². The molecule has 146 valence electrons. The van der Waals surface area contributed by atoms with Crippen molar-refractivity contribution in [1.29, 1.82) is 0 Å². The highest BCUT2D eigenvalue weighted by Gasteiger charge is 2.22. The van der Waals surface area contributed by atoms with Gasteiger partial charge >= 0.3 is 0 Å². The smallest absolute Gasteiger partial charge is 0.290 e. The van der Waals surface area contributed by atoms with Crippen molar-refractivity contribution in [1.82, 2.24) is 15.2 Å². The largest absolute Gasteiger partial charge is 0.483 e. The third-order valence-electron chi connectivity index (χ3n) is 4.93. The van der Waals surface area contributed by atoms with Crippen LogP contribution < -0.4 is 5.32 Å². The standard InChI is InChI=1S/C20H21N3OS.CH2O2/c1-23-10-4-6-15(23)13-22-20(24)19-11-17-16(7-2-8-18(17)25-19)14-5-3-9-21-12-14;2-1-3/h2-3,5,7-9,11-12,15H,4,6,10,13H2,1H3,(H,22,24);1H,(H,2,3)/t15-;/m0./s1. The summed E-state index contributed by atoms with van der Waals surface area (Å²) < 4.78 is 1.13. The minimum atomic E-state index is -0.250. The normalized spacial score (nSPS) is 16.4. The monoisotopic (exact) mass is 397 g/mol. The average Bonchev–Trinajstić information content (AvgIpc) is 3.33. The third kappa shape index (κ3) is 4.55. The van der Waals surface area contributed by atoms with Gasteiger partial charge in [-0.1, -0.05) is 18.2 Å². The number of rotatable bonds is 4. The summed E-state index contributed by atoms with van der Waals surface area (Å²) in [6.45, 7) is 1.59. The molecule has 3 aromatic rings. The van der Waals surface area contributed by atoms with E-state index in [1.54, 1.807) is 17.5 Å². The molecule has 1 aliphatic rings. The highest BCUT2D eigenvalue weighted by Crippen LogP contribution is 2.33. The minimum Gasteiger partial charge on any atom is -0.483 e. The number of pyridine rings is 1. The lowest BCUT2D eigenvalue weighted by Crippen LogP contribution is -2.37. The van der Waals surface area contributed by atoms with Crippen LogP contribution in [-0.2, 0) is 4.79 Å². The number of thiophene rings is 1. The number of nitrogens with zero attached hydrogens (tertiary/aromatic N) is 2. The van der Waals surface area contributed by atoms with Crippen LogP contribution in [0.3, 0.4) is 0 Å². The molecule has 1 aromatic carbocycles. The van der Waals surface area contributed by atoms with Gasteiger partial charge in [0.05, 0.1) is 4.88 Å². The third-order valence-corrected chi connectivity index (χ3v) is 6.03. The Kier molecular flexibility index (Phi) is 6.73. The molecule has 1 amide bonds. The Morgan fingerprint density at radius 3 is 2.89 bits per heavy atom. The van der Waals surface area contributed by atoms with Gasteiger partial charge in [0.2, 0.25) is 0 Å². The highest BCUT2D eigenvalue weighted by molar-refractivity contribution is 7.20. The summed E-state index contributed by atoms with van der Waals surface area (Å²) in [5.74, 6) is 0.0265. The fourth-order valence-electron chi connectivity index (χ4n) is 3.48. The highest BCUT2D eigenvalue weighted by atomic mass is 32.1. The van der Waals surface area contributed by atoms with E-state index in [0.717, 1.165) is 45.6 Å². The van der Waals surface area contributed by atoms with Gasteiger partial charge in [-0.2, -0.15) is 0 Å². The molecule has 0 aliphatic carbocycles. The number of nitrogens with one attached hydrogen (secondary N) is 1. The van der Waals surface area contributed by atoms with Gasteiger partial charge in [-0.3, -0.25) is 14.6 Å². The number of likely N-dealkylation sites (tertiary alicyclic amines) is 1. The molecule has 6 nitrogen and oxygen atoms in total. The first-order valence-electron chi connectivity index (χ1n) is 9.13. The lowest BCUT2D eigenvalue weighted by molar-refractivity contribution is -0.122. The van der Waals surface area contributed by atoms with E-state index < -0.39 is 0 Å². The van der Waals surface area contributed by atoms with Gasteiger partial charge in [-0.25, -0.2) is 0 Å². The zero-order valence-electron chi connectivity index (χ0n) is 15.7. The van der Waals surface area contributed by atoms with Gasteiger partial charge in [0.15, 0.2) is 0 Å². The fraction of sp³-hybridized carbons (Fsp3) is 0.286. The van der Waals surface area contributed by atoms with Crippen LogP contribution >= 0.6 is 11.3 Å². The molecule has 4 rings (SSSR count). The van der Waals surface area contributed by atoms with E-state index in [1.807, 2.05) is 24.4 Å². The molecule has 1 aliphatic heterocycles. The van der Waals surface area contributed by atoms with E-state index in [0.29, 0.717) is 6.04 Å². The molecule has 2 aromatic heterocycles. The Morgan fingerprint density at radius 2 is 2.21 bits per heavy atom. The number of benzene rings is 1. The predicted molar refractivity (Wildman–Crippen MR) is 112 cm³/mol. The number of carbonyl (C=O) groups is 2. The van der Waals surface area contributed by atoms with Crippen LogP contribution in [0.5, 0.6) is 0 Å². The molecule has 0 radical (unpaired) electrons. The molecule has 1 atom stereocenters. The van der Waals surface area contributed by atoms with E-state index in [4.69, 9.17) is 9.90 Å². The Bertz CT molecular complexity index is 942. The van der Waals surface area contributed by atoms with Gasteiger partial charge < -0.3 is 15.3 Å². The van der Waals surface area contributed by atoms with Crippen LogP contribution in [0.1, 0.15) is 22.5 Å². The number of aromatic nitrogens is 1. The lowest BCUT2D eigenvalue weighted by atomic mass is 10.0. The maximum atomic E-state index is 12.6. The number of likely N-dealkylation sites (N-methyl/N-ethyl adjacent to an activating group) is 1. The zero-order valence-corrected chi connectivity index (χ0v) is 16.5. The van der Waals surface area contributed by atoms with E-state index in [-0.39, 0.29) is 12.4 Å². The molecular weight excluding hydrogens is 374 g/mol. The molecule has 1 fully saturated rings. The number of carboxylic acid groups (broad SMARTS) is 1. The maximum Gasteiger partial charge on any atom is 0.290 e. The van der Waals surface area contributed by atoms with Gasteiger partial charge in [0, 0.05) is 40.6 Å². The lowest BCUT2D eigenvalue weighted by Gasteiger charge is -2.19. The van der Waals surface area contributed by atoms with Crippen LogP contribution in [0.4, 0.5) is 0 Å². The molecule has 28 heavy (non-hydrogen) atoms. The van der Waals surface area contributed by atoms with Gasteiger partial charge in [-0.05, 0) is 50.2 Å². The Hall–Kier alpha value is -2.77. The zero-order chi connectivity index (χ0) is 19.9. The number of amides is 1. The Morgan fingerprint density at radius 1 is 1.39 bits per heavy atom. The topological polar surface area (TPSA) is 82.5 Å². The molecule has 3 heterocycles. The maximum absolute atomic E-state index is 12.6. The number of carbonyl (C=O) groups excluding carboxylic acids is 1. The van der Waals surface area contributed by atoms with Crippen molar-refractivity contribution < 1.29 is 14.7 Å². The van der Waals surface area contributed by atoms with E-state index in [2.05, 4.69) is 40.4 Å². The minimum absolute atomic E-state index is 0.0265. The van der Waals surface area contributed by atoms with Crippen molar-refractivity contribution in [2.75, 3.05) is 20.1 Å². The predicted octanol–water partition coefficient (Wildman–Crippen LogP) is 3.49. The molecule has 1 saturated heterocycles. The molecule has 0 unspecified atom stereocenters. The molecule has 2 N–H and O–H groups in total. The first kappa shape index (κ1) is 20.0. The second-order valence-corrected chi connectivity index (χ2v) is 7.75. The summed E-state index contributed by atoms with van der Waals surface area (Å²) in [7, 11) is 2.13. The number of fused-ring (bicyclic) bond motifs is 1. The summed E-state index contributed by atoms with van der Waals surface area (Å²) in [5, 5.41) is 11.1. The van der Waals surface area contributed by atoms with Crippen molar-refractivity contribution in [3.05, 3.63) is 53.7 Å². The van der Waals surface area contributed by atoms with Crippen molar-refractivity contribution in [3.63, 3.8) is 0 Å². The van der Waals surface area contributed by atoms with Crippen molar-refractivity contribution >= 4 is 33.8 Å². The summed E-state index contributed by atoms with van der Waals surface area (Å²) in [4.78, 5) is 28.3. The molecule has 0 saturated carbocycles. The summed E-state index contributed by atoms with van der Waals surface area (Å²) >= 11 is 1.55. The van der Waals surface area contributed by atoms with Gasteiger partial charge in [-0.15, -0.1) is 11.3 Å². The SMILES string of the molecule is CN1CCC[C@H]1CNC(=O)c1cc2c(-c3cccnc3)cccc2s1.O=CO. The van der Waals surface area contributed by atoms with Crippen LogP contribution in [0.15, 0.2) is 48.8 Å². The van der Waals surface area contributed by atoms with Crippen LogP contribution in [-0.4, -0.2) is 53.5 Å². The number of hydrogen-bond acceptors (Lipinski definition) is 5. The van der Waals surface area contributed by atoms with Gasteiger partial charge in [0.1, 0.15) is 0 Å². The van der Waals surface area contributed by atoms with Crippen LogP contribution in [0.25, 0.3) is 21.2 Å². The number of hydrogen-bond donors (Lipinski definition) is 2. The fourth-order valence-corrected chi connectivity index (χ4v) is 4.49. The van der Waals surface area contributed by atoms with Crippen molar-refractivity contribution in [2.45, 2.75) is 18.9 Å². The van der Waals surface area contributed by atoms with Crippen LogP contribution in [0, 0.1) is 0 Å². The van der Waals surface area contributed by atoms with Crippen molar-refractivity contribution in [3.8, 4) is 11.1 Å². The molecular formula is C21H23N3O3S. The molecule has 0 spiro atoms. The van der Waals surface area contributed by atoms with E-state index >= 15 is 0 Å². The van der Waals surface area contributed by atoms with Crippen LogP contribution in [0.2, 0.25) is 0 Å².